The first kappa shape index (κ1) is 21.5. The van der Waals surface area contributed by atoms with Gasteiger partial charge < -0.3 is 19.9 Å². The maximum atomic E-state index is 13.4. The summed E-state index contributed by atoms with van der Waals surface area (Å²) in [5, 5.41) is 3.44. The van der Waals surface area contributed by atoms with Gasteiger partial charge in [-0.25, -0.2) is 14.2 Å². The summed E-state index contributed by atoms with van der Waals surface area (Å²) in [6, 6.07) is 12.6. The monoisotopic (exact) mass is 467 g/mol. The van der Waals surface area contributed by atoms with Crippen molar-refractivity contribution >= 4 is 29.3 Å². The zero-order valence-corrected chi connectivity index (χ0v) is 18.7. The molecular weight excluding hydrogens is 445 g/mol. The molecule has 0 spiro atoms. The predicted octanol–water partition coefficient (Wildman–Crippen LogP) is 5.25. The Balaban J connectivity index is 1.42. The number of urea groups is 1. The van der Waals surface area contributed by atoms with Gasteiger partial charge in [0.15, 0.2) is 0 Å². The number of carbonyl (C=O) groups excluding carboxylic acids is 1. The van der Waals surface area contributed by atoms with Gasteiger partial charge in [-0.05, 0) is 55.3 Å². The van der Waals surface area contributed by atoms with Crippen molar-refractivity contribution in [3.05, 3.63) is 70.6 Å². The minimum Gasteiger partial charge on any atom is -0.438 e. The van der Waals surface area contributed by atoms with E-state index in [4.69, 9.17) is 26.3 Å². The van der Waals surface area contributed by atoms with Crippen LogP contribution in [-0.4, -0.2) is 40.5 Å². The molecule has 1 N–H and O–H groups in total. The number of ether oxygens (including phenoxy) is 1. The lowest BCUT2D eigenvalue weighted by atomic mass is 10.1. The van der Waals surface area contributed by atoms with Crippen molar-refractivity contribution in [2.24, 2.45) is 0 Å². The van der Waals surface area contributed by atoms with Gasteiger partial charge in [-0.1, -0.05) is 17.7 Å². The van der Waals surface area contributed by atoms with Crippen molar-refractivity contribution in [3.63, 3.8) is 0 Å². The highest BCUT2D eigenvalue weighted by Crippen LogP contribution is 2.32. The predicted molar refractivity (Wildman–Crippen MR) is 125 cm³/mol. The van der Waals surface area contributed by atoms with Crippen molar-refractivity contribution in [1.82, 2.24) is 14.9 Å². The third-order valence-corrected chi connectivity index (χ3v) is 6.03. The smallest absolute Gasteiger partial charge is 0.322 e. The number of rotatable bonds is 4. The molecule has 0 radical (unpaired) electrons. The number of fused-ring (bicyclic) bond motifs is 1. The largest absolute Gasteiger partial charge is 0.438 e. The molecule has 2 aliphatic rings. The number of carbonyl (C=O) groups is 1. The SMILES string of the molecule is O=C(Nc1cccc(Cl)c1)N1CCc2nc(N3CCCC3)nc(Oc3ccc(F)cc3)c2C1. The zero-order chi connectivity index (χ0) is 22.8. The fourth-order valence-electron chi connectivity index (χ4n) is 4.07. The number of nitrogens with zero attached hydrogens (tertiary/aromatic N) is 4. The van der Waals surface area contributed by atoms with Crippen LogP contribution in [0.4, 0.5) is 20.8 Å². The number of hydrogen-bond acceptors (Lipinski definition) is 5. The molecule has 0 saturated carbocycles. The number of amides is 2. The van der Waals surface area contributed by atoms with Crippen LogP contribution in [0.1, 0.15) is 24.1 Å². The molecule has 3 heterocycles. The molecule has 2 aromatic carbocycles. The molecule has 0 unspecified atom stereocenters. The summed E-state index contributed by atoms with van der Waals surface area (Å²) < 4.78 is 19.4. The molecule has 0 aliphatic carbocycles. The fraction of sp³-hybridized carbons (Fsp3) is 0.292. The third-order valence-electron chi connectivity index (χ3n) is 5.79. The van der Waals surface area contributed by atoms with Gasteiger partial charge in [0.2, 0.25) is 11.8 Å². The van der Waals surface area contributed by atoms with Crippen molar-refractivity contribution in [3.8, 4) is 11.6 Å². The molecule has 2 aliphatic heterocycles. The Kier molecular flexibility index (Phi) is 6.00. The minimum absolute atomic E-state index is 0.237. The summed E-state index contributed by atoms with van der Waals surface area (Å²) >= 11 is 6.03. The highest BCUT2D eigenvalue weighted by molar-refractivity contribution is 6.30. The lowest BCUT2D eigenvalue weighted by molar-refractivity contribution is 0.205. The van der Waals surface area contributed by atoms with Crippen molar-refractivity contribution in [2.45, 2.75) is 25.8 Å². The van der Waals surface area contributed by atoms with Gasteiger partial charge in [0.1, 0.15) is 11.6 Å². The average Bonchev–Trinajstić information content (AvgIpc) is 3.35. The number of hydrogen-bond donors (Lipinski definition) is 1. The Morgan fingerprint density at radius 2 is 1.85 bits per heavy atom. The molecule has 1 fully saturated rings. The van der Waals surface area contributed by atoms with Gasteiger partial charge in [-0.15, -0.1) is 0 Å². The molecule has 0 bridgehead atoms. The number of anilines is 2. The van der Waals surface area contributed by atoms with Crippen LogP contribution in [0.15, 0.2) is 48.5 Å². The first-order valence-corrected chi connectivity index (χ1v) is 11.3. The molecule has 7 nitrogen and oxygen atoms in total. The first-order valence-electron chi connectivity index (χ1n) is 10.9. The number of aromatic nitrogens is 2. The quantitative estimate of drug-likeness (QED) is 0.567. The van der Waals surface area contributed by atoms with Crippen LogP contribution in [0, 0.1) is 5.82 Å². The zero-order valence-electron chi connectivity index (χ0n) is 17.9. The van der Waals surface area contributed by atoms with E-state index in [0.717, 1.165) is 37.2 Å². The Hall–Kier alpha value is -3.39. The topological polar surface area (TPSA) is 70.6 Å². The highest BCUT2D eigenvalue weighted by Gasteiger charge is 2.28. The van der Waals surface area contributed by atoms with Gasteiger partial charge >= 0.3 is 6.03 Å². The average molecular weight is 468 g/mol. The van der Waals surface area contributed by atoms with Gasteiger partial charge in [-0.3, -0.25) is 0 Å². The van der Waals surface area contributed by atoms with Crippen molar-refractivity contribution in [1.29, 1.82) is 0 Å². The van der Waals surface area contributed by atoms with Gasteiger partial charge in [0.25, 0.3) is 0 Å². The second-order valence-corrected chi connectivity index (χ2v) is 8.55. The van der Waals surface area contributed by atoms with Crippen molar-refractivity contribution in [2.75, 3.05) is 29.9 Å². The Morgan fingerprint density at radius 1 is 1.06 bits per heavy atom. The molecule has 9 heteroatoms. The van der Waals surface area contributed by atoms with Crippen LogP contribution in [0.25, 0.3) is 0 Å². The second-order valence-electron chi connectivity index (χ2n) is 8.12. The molecule has 2 amide bonds. The van der Waals surface area contributed by atoms with E-state index in [9.17, 15) is 9.18 Å². The molecule has 0 atom stereocenters. The van der Waals surface area contributed by atoms with E-state index in [1.165, 1.54) is 12.1 Å². The third kappa shape index (κ3) is 4.85. The van der Waals surface area contributed by atoms with Gasteiger partial charge in [0.05, 0.1) is 17.8 Å². The number of benzene rings is 2. The molecule has 1 aromatic heterocycles. The maximum Gasteiger partial charge on any atom is 0.322 e. The maximum absolute atomic E-state index is 13.4. The molecule has 170 valence electrons. The summed E-state index contributed by atoms with van der Waals surface area (Å²) in [6.45, 7) is 2.64. The highest BCUT2D eigenvalue weighted by atomic mass is 35.5. The standard InChI is InChI=1S/C24H23ClFN5O2/c25-16-4-3-5-18(14-16)27-24(32)31-13-10-21-20(15-31)22(33-19-8-6-17(26)7-9-19)29-23(28-21)30-11-1-2-12-30/h3-9,14H,1-2,10-13,15H2,(H,27,32). The Labute approximate surface area is 196 Å². The minimum atomic E-state index is -0.339. The van der Waals surface area contributed by atoms with Crippen LogP contribution < -0.4 is 15.0 Å². The summed E-state index contributed by atoms with van der Waals surface area (Å²) in [5.74, 6) is 1.17. The van der Waals surface area contributed by atoms with Crippen LogP contribution in [0.3, 0.4) is 0 Å². The lowest BCUT2D eigenvalue weighted by Crippen LogP contribution is -2.39. The summed E-state index contributed by atoms with van der Waals surface area (Å²) in [5.41, 5.74) is 2.26. The van der Waals surface area contributed by atoms with Crippen LogP contribution in [0.5, 0.6) is 11.6 Å². The van der Waals surface area contributed by atoms with Crippen LogP contribution >= 0.6 is 11.6 Å². The lowest BCUT2D eigenvalue weighted by Gasteiger charge is -2.30. The van der Waals surface area contributed by atoms with Crippen molar-refractivity contribution < 1.29 is 13.9 Å². The number of halogens is 2. The van der Waals surface area contributed by atoms with E-state index in [-0.39, 0.29) is 11.8 Å². The van der Waals surface area contributed by atoms with E-state index in [1.54, 1.807) is 41.3 Å². The molecule has 3 aromatic rings. The normalized spacial score (nSPS) is 15.3. The number of nitrogens with one attached hydrogen (secondary N) is 1. The molecule has 1 saturated heterocycles. The van der Waals surface area contributed by atoms with E-state index < -0.39 is 0 Å². The fourth-order valence-corrected chi connectivity index (χ4v) is 4.26. The second kappa shape index (κ2) is 9.23. The summed E-state index contributed by atoms with van der Waals surface area (Å²) in [7, 11) is 0. The summed E-state index contributed by atoms with van der Waals surface area (Å²) in [4.78, 5) is 26.3. The van der Waals surface area contributed by atoms with Gasteiger partial charge in [-0.2, -0.15) is 4.98 Å². The Morgan fingerprint density at radius 3 is 2.61 bits per heavy atom. The molecule has 5 rings (SSSR count). The summed E-state index contributed by atoms with van der Waals surface area (Å²) in [6.07, 6.45) is 2.79. The van der Waals surface area contributed by atoms with Crippen LogP contribution in [-0.2, 0) is 13.0 Å². The van der Waals surface area contributed by atoms with Gasteiger partial charge in [0, 0.05) is 36.8 Å². The van der Waals surface area contributed by atoms with Crippen LogP contribution in [0.2, 0.25) is 5.02 Å². The molecule has 33 heavy (non-hydrogen) atoms. The van der Waals surface area contributed by atoms with E-state index in [1.807, 2.05) is 0 Å². The molecular formula is C24H23ClFN5O2. The Bertz CT molecular complexity index is 1170. The van der Waals surface area contributed by atoms with E-state index in [2.05, 4.69) is 10.2 Å². The van der Waals surface area contributed by atoms with E-state index in [0.29, 0.717) is 47.8 Å². The first-order chi connectivity index (χ1) is 16.0. The van der Waals surface area contributed by atoms with E-state index >= 15 is 0 Å².